The van der Waals surface area contributed by atoms with Gasteiger partial charge in [0, 0.05) is 12.7 Å². The molecule has 1 rings (SSSR count). The molecule has 0 bridgehead atoms. The first-order chi connectivity index (χ1) is 8.86. The molecule has 0 amide bonds. The predicted octanol–water partition coefficient (Wildman–Crippen LogP) is 3.70. The van der Waals surface area contributed by atoms with Crippen LogP contribution in [0.2, 0.25) is 0 Å². The van der Waals surface area contributed by atoms with Crippen molar-refractivity contribution in [2.45, 2.75) is 20.8 Å². The van der Waals surface area contributed by atoms with Gasteiger partial charge in [-0.3, -0.25) is 13.8 Å². The highest BCUT2D eigenvalue weighted by atomic mass is 31.2. The number of Topliss-reactive ketones (excluding diaryl/α,β-unsaturated/α-hetero) is 1. The second kappa shape index (κ2) is 6.85. The zero-order valence-electron chi connectivity index (χ0n) is 11.6. The number of hydrogen-bond acceptors (Lipinski definition) is 5. The minimum absolute atomic E-state index is 0.0440. The molecule has 0 spiro atoms. The third kappa shape index (κ3) is 5.15. The van der Waals surface area contributed by atoms with E-state index in [1.165, 1.54) is 14.0 Å². The van der Waals surface area contributed by atoms with E-state index in [9.17, 15) is 9.36 Å². The van der Waals surface area contributed by atoms with Crippen molar-refractivity contribution in [1.29, 1.82) is 0 Å². The topological polar surface area (TPSA) is 61.8 Å². The number of phosphoric acid groups is 1. The Balaban J connectivity index is 2.75. The minimum atomic E-state index is -3.60. The van der Waals surface area contributed by atoms with Crippen LogP contribution in [0.3, 0.4) is 0 Å². The zero-order valence-corrected chi connectivity index (χ0v) is 12.5. The SMILES string of the molecule is COP(=O)(OCC(C)C)Oc1ccc(C(C)=O)cc1. The Morgan fingerprint density at radius 3 is 2.26 bits per heavy atom. The van der Waals surface area contributed by atoms with E-state index in [1.807, 2.05) is 13.8 Å². The van der Waals surface area contributed by atoms with Crippen molar-refractivity contribution in [3.63, 3.8) is 0 Å². The second-order valence-electron chi connectivity index (χ2n) is 4.49. The summed E-state index contributed by atoms with van der Waals surface area (Å²) in [4.78, 5) is 11.1. The summed E-state index contributed by atoms with van der Waals surface area (Å²) in [5.74, 6) is 0.503. The van der Waals surface area contributed by atoms with E-state index >= 15 is 0 Å². The molecule has 19 heavy (non-hydrogen) atoms. The molecule has 5 nitrogen and oxygen atoms in total. The molecule has 1 aromatic carbocycles. The van der Waals surface area contributed by atoms with Crippen LogP contribution in [0.25, 0.3) is 0 Å². The summed E-state index contributed by atoms with van der Waals surface area (Å²) in [6.07, 6.45) is 0. The summed E-state index contributed by atoms with van der Waals surface area (Å²) in [5, 5.41) is 0. The smallest absolute Gasteiger partial charge is 0.404 e. The van der Waals surface area contributed by atoms with Crippen LogP contribution in [-0.2, 0) is 13.6 Å². The zero-order chi connectivity index (χ0) is 14.5. The first-order valence-electron chi connectivity index (χ1n) is 5.97. The molecule has 0 aliphatic carbocycles. The van der Waals surface area contributed by atoms with Crippen LogP contribution in [0.15, 0.2) is 24.3 Å². The van der Waals surface area contributed by atoms with Gasteiger partial charge in [0.2, 0.25) is 0 Å². The van der Waals surface area contributed by atoms with Crippen molar-refractivity contribution in [3.8, 4) is 5.75 Å². The first kappa shape index (κ1) is 15.9. The molecule has 106 valence electrons. The van der Waals surface area contributed by atoms with Gasteiger partial charge in [0.1, 0.15) is 5.75 Å². The molecule has 6 heteroatoms. The van der Waals surface area contributed by atoms with Gasteiger partial charge in [0.25, 0.3) is 0 Å². The highest BCUT2D eigenvalue weighted by Gasteiger charge is 2.27. The Labute approximate surface area is 113 Å². The summed E-state index contributed by atoms with van der Waals surface area (Å²) in [5.41, 5.74) is 0.558. The van der Waals surface area contributed by atoms with Gasteiger partial charge in [0.15, 0.2) is 5.78 Å². The largest absolute Gasteiger partial charge is 0.529 e. The molecule has 1 atom stereocenters. The van der Waals surface area contributed by atoms with Crippen LogP contribution in [-0.4, -0.2) is 19.5 Å². The Bertz CT molecular complexity index is 466. The van der Waals surface area contributed by atoms with E-state index in [2.05, 4.69) is 0 Å². The summed E-state index contributed by atoms with van der Waals surface area (Å²) >= 11 is 0. The number of ketones is 1. The normalized spacial score (nSPS) is 14.2. The highest BCUT2D eigenvalue weighted by molar-refractivity contribution is 7.48. The molecule has 0 fully saturated rings. The molecule has 0 radical (unpaired) electrons. The standard InChI is InChI=1S/C13H19O5P/c1-10(2)9-17-19(15,16-4)18-13-7-5-12(6-8-13)11(3)14/h5-8,10H,9H2,1-4H3. The molecule has 0 aliphatic rings. The lowest BCUT2D eigenvalue weighted by Crippen LogP contribution is -2.05. The van der Waals surface area contributed by atoms with E-state index in [4.69, 9.17) is 13.6 Å². The van der Waals surface area contributed by atoms with Crippen molar-refractivity contribution in [3.05, 3.63) is 29.8 Å². The van der Waals surface area contributed by atoms with Crippen LogP contribution in [0, 0.1) is 5.92 Å². The van der Waals surface area contributed by atoms with Crippen molar-refractivity contribution in [2.75, 3.05) is 13.7 Å². The third-order valence-electron chi connectivity index (χ3n) is 2.27. The van der Waals surface area contributed by atoms with Crippen LogP contribution >= 0.6 is 7.82 Å². The van der Waals surface area contributed by atoms with Crippen molar-refractivity contribution >= 4 is 13.6 Å². The van der Waals surface area contributed by atoms with Gasteiger partial charge in [-0.1, -0.05) is 13.8 Å². The first-order valence-corrected chi connectivity index (χ1v) is 7.43. The van der Waals surface area contributed by atoms with E-state index < -0.39 is 7.82 Å². The number of carbonyl (C=O) groups excluding carboxylic acids is 1. The number of benzene rings is 1. The number of carbonyl (C=O) groups is 1. The Morgan fingerprint density at radius 1 is 1.26 bits per heavy atom. The van der Waals surface area contributed by atoms with Gasteiger partial charge in [-0.2, -0.15) is 0 Å². The van der Waals surface area contributed by atoms with E-state index in [-0.39, 0.29) is 18.3 Å². The van der Waals surface area contributed by atoms with E-state index in [0.717, 1.165) is 0 Å². The summed E-state index contributed by atoms with van der Waals surface area (Å²) < 4.78 is 27.4. The number of hydrogen-bond donors (Lipinski definition) is 0. The molecule has 0 aromatic heterocycles. The van der Waals surface area contributed by atoms with Gasteiger partial charge in [-0.25, -0.2) is 4.57 Å². The quantitative estimate of drug-likeness (QED) is 0.565. The molecular formula is C13H19O5P. The van der Waals surface area contributed by atoms with Crippen molar-refractivity contribution in [2.24, 2.45) is 5.92 Å². The fourth-order valence-electron chi connectivity index (χ4n) is 1.24. The van der Waals surface area contributed by atoms with E-state index in [0.29, 0.717) is 11.3 Å². The Hall–Kier alpha value is -1.16. The molecule has 0 N–H and O–H groups in total. The maximum absolute atomic E-state index is 12.1. The van der Waals surface area contributed by atoms with Crippen LogP contribution in [0.5, 0.6) is 5.75 Å². The van der Waals surface area contributed by atoms with Crippen molar-refractivity contribution < 1.29 is 22.9 Å². The van der Waals surface area contributed by atoms with Crippen molar-refractivity contribution in [1.82, 2.24) is 0 Å². The number of rotatable bonds is 7. The lowest BCUT2D eigenvalue weighted by Gasteiger charge is -2.17. The Morgan fingerprint density at radius 2 is 1.84 bits per heavy atom. The molecule has 1 aromatic rings. The molecule has 1 unspecified atom stereocenters. The monoisotopic (exact) mass is 286 g/mol. The maximum Gasteiger partial charge on any atom is 0.529 e. The maximum atomic E-state index is 12.1. The van der Waals surface area contributed by atoms with Crippen LogP contribution in [0.1, 0.15) is 31.1 Å². The second-order valence-corrected chi connectivity index (χ2v) is 6.19. The summed E-state index contributed by atoms with van der Waals surface area (Å²) in [6, 6.07) is 6.31. The molecular weight excluding hydrogens is 267 g/mol. The number of phosphoric ester groups is 1. The van der Waals surface area contributed by atoms with Gasteiger partial charge in [-0.05, 0) is 37.1 Å². The Kier molecular flexibility index (Phi) is 5.73. The van der Waals surface area contributed by atoms with Gasteiger partial charge in [0.05, 0.1) is 6.61 Å². The lowest BCUT2D eigenvalue weighted by atomic mass is 10.1. The van der Waals surface area contributed by atoms with Crippen LogP contribution < -0.4 is 4.52 Å². The molecule has 0 saturated heterocycles. The molecule has 0 aliphatic heterocycles. The predicted molar refractivity (Wildman–Crippen MR) is 72.5 cm³/mol. The average Bonchev–Trinajstić information content (AvgIpc) is 2.37. The van der Waals surface area contributed by atoms with E-state index in [1.54, 1.807) is 24.3 Å². The summed E-state index contributed by atoms with van der Waals surface area (Å²) in [6.45, 7) is 5.61. The van der Waals surface area contributed by atoms with Gasteiger partial charge >= 0.3 is 7.82 Å². The summed E-state index contributed by atoms with van der Waals surface area (Å²) in [7, 11) is -2.33. The average molecular weight is 286 g/mol. The highest BCUT2D eigenvalue weighted by Crippen LogP contribution is 2.48. The third-order valence-corrected chi connectivity index (χ3v) is 3.61. The van der Waals surface area contributed by atoms with Crippen LogP contribution in [0.4, 0.5) is 0 Å². The lowest BCUT2D eigenvalue weighted by molar-refractivity contribution is 0.101. The van der Waals surface area contributed by atoms with Gasteiger partial charge in [-0.15, -0.1) is 0 Å². The fraction of sp³-hybridized carbons (Fsp3) is 0.462. The fourth-order valence-corrected chi connectivity index (χ4v) is 2.33. The van der Waals surface area contributed by atoms with Gasteiger partial charge < -0.3 is 4.52 Å². The molecule has 0 heterocycles. The molecule has 0 saturated carbocycles. The minimum Gasteiger partial charge on any atom is -0.404 e.